The number of hydrogen-bond acceptors (Lipinski definition) is 11. The molecule has 1 aromatic rings. The molecule has 0 aliphatic carbocycles. The molecular formula is C23H34N2O11. The standard InChI is InChI=1S/C23H34N2O11/c1-11(27)24-16-20(31)18(29)14(8-26)35-23(16)34-10-15-19(30)21(32)17(25-12(2)28)22(36-15)33-9-13-6-4-3-5-7-13/h3-7,14-23,26,29-32H,8-10H2,1-2H3,(H,24,27)(H,25,28)/t14-,15-,16+,17+,18-,19-,20-,21-,22+,23-/m1/s1. The van der Waals surface area contributed by atoms with Gasteiger partial charge in [-0.15, -0.1) is 0 Å². The molecule has 0 saturated carbocycles. The van der Waals surface area contributed by atoms with Gasteiger partial charge in [0.25, 0.3) is 0 Å². The van der Waals surface area contributed by atoms with Crippen LogP contribution in [0.25, 0.3) is 0 Å². The molecular weight excluding hydrogens is 480 g/mol. The monoisotopic (exact) mass is 514 g/mol. The van der Waals surface area contributed by atoms with Gasteiger partial charge < -0.3 is 55.1 Å². The van der Waals surface area contributed by atoms with E-state index in [1.54, 1.807) is 0 Å². The van der Waals surface area contributed by atoms with E-state index in [1.165, 1.54) is 13.8 Å². The van der Waals surface area contributed by atoms with Gasteiger partial charge in [-0.05, 0) is 5.56 Å². The number of aliphatic hydroxyl groups excluding tert-OH is 5. The summed E-state index contributed by atoms with van der Waals surface area (Å²) in [6, 6.07) is 6.86. The molecule has 10 atom stereocenters. The van der Waals surface area contributed by atoms with Gasteiger partial charge in [-0.25, -0.2) is 0 Å². The maximum absolute atomic E-state index is 11.7. The lowest BCUT2D eigenvalue weighted by atomic mass is 9.96. The first-order valence-electron chi connectivity index (χ1n) is 11.6. The molecule has 2 amide bonds. The van der Waals surface area contributed by atoms with Crippen LogP contribution in [0.15, 0.2) is 30.3 Å². The van der Waals surface area contributed by atoms with Gasteiger partial charge in [0, 0.05) is 13.8 Å². The van der Waals surface area contributed by atoms with Crippen molar-refractivity contribution in [3.8, 4) is 0 Å². The summed E-state index contributed by atoms with van der Waals surface area (Å²) in [4.78, 5) is 23.3. The summed E-state index contributed by atoms with van der Waals surface area (Å²) in [6.07, 6.45) is -10.8. The summed E-state index contributed by atoms with van der Waals surface area (Å²) in [5, 5.41) is 56.3. The SMILES string of the molecule is CC(=O)N[C@@H]1[C@H](OC[C@H]2O[C@H](OCc3ccccc3)[C@@H](NC(C)=O)[C@@H](O)[C@@H]2O)O[C@H](CO)[C@@H](O)[C@@H]1O. The lowest BCUT2D eigenvalue weighted by Gasteiger charge is -2.45. The van der Waals surface area contributed by atoms with Gasteiger partial charge in [0.1, 0.15) is 48.7 Å². The van der Waals surface area contributed by atoms with Gasteiger partial charge in [-0.2, -0.15) is 0 Å². The molecule has 2 heterocycles. The highest BCUT2D eigenvalue weighted by Crippen LogP contribution is 2.26. The minimum absolute atomic E-state index is 0.0938. The third-order valence-corrected chi connectivity index (χ3v) is 6.00. The molecule has 0 radical (unpaired) electrons. The Bertz CT molecular complexity index is 860. The summed E-state index contributed by atoms with van der Waals surface area (Å²) in [5.74, 6) is -0.989. The molecule has 0 unspecified atom stereocenters. The molecule has 0 aromatic heterocycles. The van der Waals surface area contributed by atoms with Gasteiger partial charge in [-0.3, -0.25) is 9.59 Å². The number of aliphatic hydroxyl groups is 5. The maximum Gasteiger partial charge on any atom is 0.217 e. The molecule has 2 saturated heterocycles. The third-order valence-electron chi connectivity index (χ3n) is 6.00. The lowest BCUT2D eigenvalue weighted by Crippen LogP contribution is -2.66. The van der Waals surface area contributed by atoms with Crippen molar-refractivity contribution in [3.05, 3.63) is 35.9 Å². The van der Waals surface area contributed by atoms with Crippen LogP contribution in [-0.4, -0.2) is 112 Å². The van der Waals surface area contributed by atoms with Crippen LogP contribution in [0.2, 0.25) is 0 Å². The first-order valence-corrected chi connectivity index (χ1v) is 11.6. The summed E-state index contributed by atoms with van der Waals surface area (Å²) >= 11 is 0. The molecule has 36 heavy (non-hydrogen) atoms. The zero-order valence-electron chi connectivity index (χ0n) is 20.0. The van der Waals surface area contributed by atoms with E-state index in [-0.39, 0.29) is 6.61 Å². The van der Waals surface area contributed by atoms with Gasteiger partial charge in [0.15, 0.2) is 12.6 Å². The van der Waals surface area contributed by atoms with Crippen LogP contribution in [0.4, 0.5) is 0 Å². The van der Waals surface area contributed by atoms with Crippen molar-refractivity contribution in [3.63, 3.8) is 0 Å². The Kier molecular flexibility index (Phi) is 10.1. The number of benzene rings is 1. The Labute approximate surface area is 207 Å². The second-order valence-electron chi connectivity index (χ2n) is 8.81. The number of rotatable bonds is 9. The Morgan fingerprint density at radius 2 is 1.31 bits per heavy atom. The van der Waals surface area contributed by atoms with Crippen LogP contribution >= 0.6 is 0 Å². The molecule has 2 aliphatic heterocycles. The summed E-state index contributed by atoms with van der Waals surface area (Å²) < 4.78 is 22.8. The molecule has 2 fully saturated rings. The summed E-state index contributed by atoms with van der Waals surface area (Å²) in [7, 11) is 0. The highest BCUT2D eigenvalue weighted by molar-refractivity contribution is 5.73. The normalized spacial score (nSPS) is 36.8. The average Bonchev–Trinajstić information content (AvgIpc) is 2.85. The average molecular weight is 515 g/mol. The van der Waals surface area contributed by atoms with E-state index in [0.29, 0.717) is 0 Å². The lowest BCUT2D eigenvalue weighted by molar-refractivity contribution is -0.305. The number of carbonyl (C=O) groups is 2. The fraction of sp³-hybridized carbons (Fsp3) is 0.652. The predicted molar refractivity (Wildman–Crippen MR) is 121 cm³/mol. The zero-order chi connectivity index (χ0) is 26.4. The quantitative estimate of drug-likeness (QED) is 0.179. The molecule has 2 aliphatic rings. The number of nitrogens with one attached hydrogen (secondary N) is 2. The van der Waals surface area contributed by atoms with Gasteiger partial charge in [0.2, 0.25) is 11.8 Å². The molecule has 13 nitrogen and oxygen atoms in total. The summed E-state index contributed by atoms with van der Waals surface area (Å²) in [6.45, 7) is 1.53. The highest BCUT2D eigenvalue weighted by atomic mass is 16.7. The third kappa shape index (κ3) is 6.97. The largest absolute Gasteiger partial charge is 0.394 e. The van der Waals surface area contributed by atoms with Crippen molar-refractivity contribution in [2.45, 2.75) is 81.7 Å². The van der Waals surface area contributed by atoms with Crippen molar-refractivity contribution in [2.75, 3.05) is 13.2 Å². The number of hydrogen-bond donors (Lipinski definition) is 7. The van der Waals surface area contributed by atoms with Crippen LogP contribution in [0.1, 0.15) is 19.4 Å². The molecule has 202 valence electrons. The van der Waals surface area contributed by atoms with Crippen molar-refractivity contribution >= 4 is 11.8 Å². The van der Waals surface area contributed by atoms with E-state index < -0.39 is 86.3 Å². The Morgan fingerprint density at radius 1 is 0.806 bits per heavy atom. The Hall–Kier alpha value is -2.20. The highest BCUT2D eigenvalue weighted by Gasteiger charge is 2.48. The maximum atomic E-state index is 11.7. The second kappa shape index (κ2) is 12.9. The van der Waals surface area contributed by atoms with Crippen LogP contribution in [0.3, 0.4) is 0 Å². The van der Waals surface area contributed by atoms with Crippen molar-refractivity contribution in [1.82, 2.24) is 10.6 Å². The zero-order valence-corrected chi connectivity index (χ0v) is 20.0. The molecule has 1 aromatic carbocycles. The van der Waals surface area contributed by atoms with Crippen LogP contribution in [0.5, 0.6) is 0 Å². The van der Waals surface area contributed by atoms with Crippen molar-refractivity contribution in [1.29, 1.82) is 0 Å². The Balaban J connectivity index is 1.71. The van der Waals surface area contributed by atoms with E-state index in [0.717, 1.165) is 5.56 Å². The predicted octanol–water partition coefficient (Wildman–Crippen LogP) is -2.89. The van der Waals surface area contributed by atoms with Crippen LogP contribution in [0, 0.1) is 0 Å². The van der Waals surface area contributed by atoms with E-state index >= 15 is 0 Å². The topological polar surface area (TPSA) is 196 Å². The smallest absolute Gasteiger partial charge is 0.217 e. The van der Waals surface area contributed by atoms with Gasteiger partial charge in [-0.1, -0.05) is 30.3 Å². The fourth-order valence-electron chi connectivity index (χ4n) is 4.15. The number of ether oxygens (including phenoxy) is 4. The van der Waals surface area contributed by atoms with Crippen LogP contribution in [-0.2, 0) is 35.1 Å². The minimum Gasteiger partial charge on any atom is -0.394 e. The number of carbonyl (C=O) groups excluding carboxylic acids is 2. The van der Waals surface area contributed by atoms with E-state index in [4.69, 9.17) is 18.9 Å². The minimum atomic E-state index is -1.52. The first-order chi connectivity index (χ1) is 17.1. The van der Waals surface area contributed by atoms with Gasteiger partial charge >= 0.3 is 0 Å². The molecule has 0 bridgehead atoms. The van der Waals surface area contributed by atoms with Crippen molar-refractivity contribution in [2.24, 2.45) is 0 Å². The van der Waals surface area contributed by atoms with Crippen LogP contribution < -0.4 is 10.6 Å². The number of amides is 2. The molecule has 7 N–H and O–H groups in total. The summed E-state index contributed by atoms with van der Waals surface area (Å²) in [5.41, 5.74) is 0.812. The van der Waals surface area contributed by atoms with Gasteiger partial charge in [0.05, 0.1) is 19.8 Å². The molecule has 3 rings (SSSR count). The van der Waals surface area contributed by atoms with E-state index in [9.17, 15) is 35.1 Å². The molecule has 13 heteroatoms. The van der Waals surface area contributed by atoms with Crippen molar-refractivity contribution < 1.29 is 54.1 Å². The first kappa shape index (κ1) is 28.4. The van der Waals surface area contributed by atoms with E-state index in [2.05, 4.69) is 10.6 Å². The Morgan fingerprint density at radius 3 is 1.83 bits per heavy atom. The molecule has 0 spiro atoms. The second-order valence-corrected chi connectivity index (χ2v) is 8.81. The fourth-order valence-corrected chi connectivity index (χ4v) is 4.15. The van der Waals surface area contributed by atoms with E-state index in [1.807, 2.05) is 30.3 Å².